The molecule has 1 aromatic rings. The van der Waals surface area contributed by atoms with Gasteiger partial charge in [0.15, 0.2) is 0 Å². The highest BCUT2D eigenvalue weighted by atomic mass is 16.5. The van der Waals surface area contributed by atoms with E-state index in [4.69, 9.17) is 4.74 Å². The van der Waals surface area contributed by atoms with Gasteiger partial charge < -0.3 is 9.84 Å². The third-order valence-electron chi connectivity index (χ3n) is 3.32. The molecule has 1 aromatic carbocycles. The van der Waals surface area contributed by atoms with Crippen LogP contribution in [-0.4, -0.2) is 24.3 Å². The van der Waals surface area contributed by atoms with E-state index in [2.05, 4.69) is 0 Å². The fourth-order valence-electron chi connectivity index (χ4n) is 2.34. The van der Waals surface area contributed by atoms with Crippen LogP contribution in [0.3, 0.4) is 0 Å². The van der Waals surface area contributed by atoms with Gasteiger partial charge in [0.25, 0.3) is 0 Å². The molecule has 0 amide bonds. The molecule has 1 heterocycles. The van der Waals surface area contributed by atoms with Gasteiger partial charge in [0.1, 0.15) is 0 Å². The summed E-state index contributed by atoms with van der Waals surface area (Å²) in [5.41, 5.74) is 1.10. The maximum absolute atomic E-state index is 11.3. The lowest BCUT2D eigenvalue weighted by Crippen LogP contribution is -2.20. The molecule has 3 nitrogen and oxygen atoms in total. The minimum Gasteiger partial charge on any atom is -0.481 e. The maximum Gasteiger partial charge on any atom is 0.306 e. The van der Waals surface area contributed by atoms with E-state index in [1.807, 2.05) is 30.3 Å². The Bertz CT molecular complexity index is 355. The minimum absolute atomic E-state index is 0.288. The molecule has 3 heteroatoms. The summed E-state index contributed by atoms with van der Waals surface area (Å²) >= 11 is 0. The van der Waals surface area contributed by atoms with Gasteiger partial charge in [-0.1, -0.05) is 30.3 Å². The summed E-state index contributed by atoms with van der Waals surface area (Å²) in [5.74, 6) is -0.565. The highest BCUT2D eigenvalue weighted by molar-refractivity contribution is 5.70. The number of aliphatic carboxylic acids is 1. The zero-order chi connectivity index (χ0) is 12.1. The Labute approximate surface area is 101 Å². The minimum atomic E-state index is -0.694. The van der Waals surface area contributed by atoms with Gasteiger partial charge in [0, 0.05) is 13.2 Å². The van der Waals surface area contributed by atoms with Gasteiger partial charge in [0.2, 0.25) is 0 Å². The summed E-state index contributed by atoms with van der Waals surface area (Å²) in [5, 5.41) is 9.25. The summed E-state index contributed by atoms with van der Waals surface area (Å²) in [6.45, 7) is 1.50. The largest absolute Gasteiger partial charge is 0.481 e. The smallest absolute Gasteiger partial charge is 0.306 e. The van der Waals surface area contributed by atoms with Gasteiger partial charge in [-0.15, -0.1) is 0 Å². The monoisotopic (exact) mass is 234 g/mol. The predicted octanol–water partition coefficient (Wildman–Crippen LogP) is 2.36. The van der Waals surface area contributed by atoms with Gasteiger partial charge >= 0.3 is 5.97 Å². The Kier molecular flexibility index (Phi) is 4.15. The summed E-state index contributed by atoms with van der Waals surface area (Å²) < 4.78 is 5.29. The van der Waals surface area contributed by atoms with E-state index in [0.29, 0.717) is 12.3 Å². The van der Waals surface area contributed by atoms with Gasteiger partial charge in [-0.3, -0.25) is 4.79 Å². The van der Waals surface area contributed by atoms with Gasteiger partial charge in [0.05, 0.1) is 5.92 Å². The van der Waals surface area contributed by atoms with Crippen molar-refractivity contribution >= 4 is 5.97 Å². The highest BCUT2D eigenvalue weighted by Gasteiger charge is 2.25. The fraction of sp³-hybridized carbons (Fsp3) is 0.500. The topological polar surface area (TPSA) is 46.5 Å². The molecule has 1 saturated heterocycles. The molecule has 1 fully saturated rings. The second-order valence-electron chi connectivity index (χ2n) is 4.69. The standard InChI is InChI=1S/C14H18O3/c15-14(16)13(9-12-6-7-17-10-12)8-11-4-2-1-3-5-11/h1-5,12-13H,6-10H2,(H,15,16). The molecule has 0 spiro atoms. The van der Waals surface area contributed by atoms with E-state index in [0.717, 1.165) is 31.6 Å². The van der Waals surface area contributed by atoms with E-state index in [1.54, 1.807) is 0 Å². The van der Waals surface area contributed by atoms with Crippen LogP contribution in [-0.2, 0) is 16.0 Å². The van der Waals surface area contributed by atoms with Gasteiger partial charge in [-0.05, 0) is 30.7 Å². The van der Waals surface area contributed by atoms with Crippen molar-refractivity contribution in [3.05, 3.63) is 35.9 Å². The number of rotatable bonds is 5. The van der Waals surface area contributed by atoms with E-state index in [9.17, 15) is 9.90 Å². The quantitative estimate of drug-likeness (QED) is 0.850. The molecule has 0 radical (unpaired) electrons. The summed E-state index contributed by atoms with van der Waals surface area (Å²) in [6, 6.07) is 9.83. The molecule has 2 unspecified atom stereocenters. The molecule has 0 aromatic heterocycles. The summed E-state index contributed by atoms with van der Waals surface area (Å²) in [6.07, 6.45) is 2.34. The Balaban J connectivity index is 1.95. The van der Waals surface area contributed by atoms with Crippen molar-refractivity contribution in [1.82, 2.24) is 0 Å². The molecule has 92 valence electrons. The van der Waals surface area contributed by atoms with Crippen LogP contribution in [0, 0.1) is 11.8 Å². The van der Waals surface area contributed by atoms with Crippen molar-refractivity contribution < 1.29 is 14.6 Å². The van der Waals surface area contributed by atoms with Crippen LogP contribution in [0.4, 0.5) is 0 Å². The van der Waals surface area contributed by atoms with Gasteiger partial charge in [-0.2, -0.15) is 0 Å². The Hall–Kier alpha value is -1.35. The zero-order valence-electron chi connectivity index (χ0n) is 9.84. The third-order valence-corrected chi connectivity index (χ3v) is 3.32. The summed E-state index contributed by atoms with van der Waals surface area (Å²) in [7, 11) is 0. The fourth-order valence-corrected chi connectivity index (χ4v) is 2.34. The average molecular weight is 234 g/mol. The van der Waals surface area contributed by atoms with Crippen LogP contribution in [0.15, 0.2) is 30.3 Å². The third kappa shape index (κ3) is 3.56. The van der Waals surface area contributed by atoms with Crippen LogP contribution in [0.1, 0.15) is 18.4 Å². The number of hydrogen-bond donors (Lipinski definition) is 1. The molecule has 0 bridgehead atoms. The average Bonchev–Trinajstić information content (AvgIpc) is 2.82. The molecule has 2 rings (SSSR count). The Morgan fingerprint density at radius 2 is 2.18 bits per heavy atom. The van der Waals surface area contributed by atoms with Crippen LogP contribution < -0.4 is 0 Å². The first-order valence-electron chi connectivity index (χ1n) is 6.10. The maximum atomic E-state index is 11.3. The van der Waals surface area contributed by atoms with Gasteiger partial charge in [-0.25, -0.2) is 0 Å². The number of benzene rings is 1. The van der Waals surface area contributed by atoms with E-state index in [1.165, 1.54) is 0 Å². The van der Waals surface area contributed by atoms with Crippen molar-refractivity contribution in [2.24, 2.45) is 11.8 Å². The van der Waals surface area contributed by atoms with Crippen molar-refractivity contribution in [3.63, 3.8) is 0 Å². The van der Waals surface area contributed by atoms with Crippen LogP contribution >= 0.6 is 0 Å². The number of carboxylic acids is 1. The van der Waals surface area contributed by atoms with Crippen LogP contribution in [0.2, 0.25) is 0 Å². The molecule has 1 aliphatic rings. The van der Waals surface area contributed by atoms with Crippen molar-refractivity contribution in [2.45, 2.75) is 19.3 Å². The normalized spacial score (nSPS) is 21.3. The van der Waals surface area contributed by atoms with Crippen molar-refractivity contribution in [3.8, 4) is 0 Å². The first kappa shape index (κ1) is 12.1. The number of hydrogen-bond acceptors (Lipinski definition) is 2. The lowest BCUT2D eigenvalue weighted by molar-refractivity contribution is -0.142. The lowest BCUT2D eigenvalue weighted by atomic mass is 9.89. The molecule has 2 atom stereocenters. The van der Waals surface area contributed by atoms with Crippen molar-refractivity contribution in [2.75, 3.05) is 13.2 Å². The van der Waals surface area contributed by atoms with Crippen molar-refractivity contribution in [1.29, 1.82) is 0 Å². The van der Waals surface area contributed by atoms with E-state index >= 15 is 0 Å². The van der Waals surface area contributed by atoms with E-state index in [-0.39, 0.29) is 5.92 Å². The molecule has 1 aliphatic heterocycles. The number of ether oxygens (including phenoxy) is 1. The molecule has 17 heavy (non-hydrogen) atoms. The molecule has 1 N–H and O–H groups in total. The zero-order valence-corrected chi connectivity index (χ0v) is 9.84. The summed E-state index contributed by atoms with van der Waals surface area (Å²) in [4.78, 5) is 11.3. The Morgan fingerprint density at radius 1 is 1.41 bits per heavy atom. The first-order valence-corrected chi connectivity index (χ1v) is 6.10. The molecule has 0 saturated carbocycles. The first-order chi connectivity index (χ1) is 8.25. The highest BCUT2D eigenvalue weighted by Crippen LogP contribution is 2.24. The number of carboxylic acid groups (broad SMARTS) is 1. The molecular formula is C14H18O3. The van der Waals surface area contributed by atoms with Crippen LogP contribution in [0.25, 0.3) is 0 Å². The second-order valence-corrected chi connectivity index (χ2v) is 4.69. The predicted molar refractivity (Wildman–Crippen MR) is 64.8 cm³/mol. The Morgan fingerprint density at radius 3 is 2.76 bits per heavy atom. The number of carbonyl (C=O) groups is 1. The second kappa shape index (κ2) is 5.82. The lowest BCUT2D eigenvalue weighted by Gasteiger charge is -2.15. The van der Waals surface area contributed by atoms with E-state index < -0.39 is 5.97 Å². The SMILES string of the molecule is O=C(O)C(Cc1ccccc1)CC1CCOC1. The van der Waals surface area contributed by atoms with Crippen LogP contribution in [0.5, 0.6) is 0 Å². The molecule has 0 aliphatic carbocycles. The molecular weight excluding hydrogens is 216 g/mol.